The summed E-state index contributed by atoms with van der Waals surface area (Å²) in [5.74, 6) is -1.08. The van der Waals surface area contributed by atoms with Crippen molar-refractivity contribution in [1.29, 1.82) is 0 Å². The predicted molar refractivity (Wildman–Crippen MR) is 148 cm³/mol. The van der Waals surface area contributed by atoms with E-state index < -0.39 is 42.2 Å². The van der Waals surface area contributed by atoms with Gasteiger partial charge in [0.2, 0.25) is 0 Å². The molecule has 4 heterocycles. The Bertz CT molecular complexity index is 1670. The Morgan fingerprint density at radius 1 is 1.12 bits per heavy atom. The summed E-state index contributed by atoms with van der Waals surface area (Å²) in [7, 11) is 1.63. The van der Waals surface area contributed by atoms with Crippen molar-refractivity contribution < 1.29 is 33.3 Å². The Morgan fingerprint density at radius 3 is 2.61 bits per heavy atom. The third kappa shape index (κ3) is 4.90. The molecule has 11 nitrogen and oxygen atoms in total. The summed E-state index contributed by atoms with van der Waals surface area (Å²) in [4.78, 5) is 34.1. The molecule has 1 amide bonds. The molecular formula is C30H32N4O7. The number of carbonyl (C=O) groups excluding carboxylic acids is 2. The van der Waals surface area contributed by atoms with Crippen LogP contribution in [0.2, 0.25) is 0 Å². The molecule has 2 aromatic heterocycles. The molecule has 0 radical (unpaired) electrons. The Kier molecular flexibility index (Phi) is 6.68. The van der Waals surface area contributed by atoms with Crippen LogP contribution in [0.3, 0.4) is 0 Å². The van der Waals surface area contributed by atoms with E-state index in [2.05, 4.69) is 9.97 Å². The van der Waals surface area contributed by atoms with Gasteiger partial charge in [0.05, 0.1) is 24.0 Å². The zero-order valence-electron chi connectivity index (χ0n) is 23.5. The summed E-state index contributed by atoms with van der Waals surface area (Å²) in [6.07, 6.45) is 0.778. The van der Waals surface area contributed by atoms with Crippen molar-refractivity contribution in [3.8, 4) is 5.75 Å². The lowest BCUT2D eigenvalue weighted by Gasteiger charge is -2.25. The number of nitrogens with zero attached hydrogens (tertiary/aromatic N) is 3. The van der Waals surface area contributed by atoms with Gasteiger partial charge in [-0.3, -0.25) is 9.59 Å². The SMILES string of the molecule is COc1ccc2cc([C@@H](C)C(=O)OC[C@H]3O[C@@H](n4cc(C(N)=O)c5cnc(C)nc54)[C@@H]4OC(C)(C)O[C@@H]43)ccc2c1. The number of esters is 1. The van der Waals surface area contributed by atoms with Crippen molar-refractivity contribution in [1.82, 2.24) is 14.5 Å². The van der Waals surface area contributed by atoms with Gasteiger partial charge in [-0.2, -0.15) is 0 Å². The van der Waals surface area contributed by atoms with Gasteiger partial charge in [0.25, 0.3) is 5.91 Å². The molecule has 0 unspecified atom stereocenters. The summed E-state index contributed by atoms with van der Waals surface area (Å²) >= 11 is 0. The van der Waals surface area contributed by atoms with E-state index in [0.717, 1.165) is 22.1 Å². The number of nitrogens with two attached hydrogens (primary N) is 1. The van der Waals surface area contributed by atoms with E-state index in [9.17, 15) is 9.59 Å². The van der Waals surface area contributed by atoms with Crippen LogP contribution >= 0.6 is 0 Å². The quantitative estimate of drug-likeness (QED) is 0.335. The molecule has 5 atom stereocenters. The van der Waals surface area contributed by atoms with E-state index in [-0.39, 0.29) is 18.1 Å². The van der Waals surface area contributed by atoms with Crippen LogP contribution in [0, 0.1) is 6.92 Å². The lowest BCUT2D eigenvalue weighted by atomic mass is 9.98. The summed E-state index contributed by atoms with van der Waals surface area (Å²) in [5, 5.41) is 2.53. The number of aromatic nitrogens is 3. The molecule has 2 fully saturated rings. The normalized spacial score (nSPS) is 23.9. The fraction of sp³-hybridized carbons (Fsp3) is 0.400. The number of ether oxygens (including phenoxy) is 5. The van der Waals surface area contributed by atoms with Gasteiger partial charge in [-0.1, -0.05) is 24.3 Å². The van der Waals surface area contributed by atoms with E-state index in [1.807, 2.05) is 57.2 Å². The highest BCUT2D eigenvalue weighted by atomic mass is 16.8. The maximum atomic E-state index is 13.2. The van der Waals surface area contributed by atoms with Crippen molar-refractivity contribution in [2.45, 2.75) is 63.9 Å². The van der Waals surface area contributed by atoms with Gasteiger partial charge < -0.3 is 34.0 Å². The molecule has 0 aliphatic carbocycles. The highest BCUT2D eigenvalue weighted by Crippen LogP contribution is 2.44. The van der Waals surface area contributed by atoms with Crippen LogP contribution in [0.25, 0.3) is 21.8 Å². The fourth-order valence-corrected chi connectivity index (χ4v) is 5.59. The number of carbonyl (C=O) groups is 2. The third-order valence-electron chi connectivity index (χ3n) is 7.67. The second kappa shape index (κ2) is 10.1. The van der Waals surface area contributed by atoms with Crippen LogP contribution in [0.1, 0.15) is 54.7 Å². The first-order valence-corrected chi connectivity index (χ1v) is 13.4. The summed E-state index contributed by atoms with van der Waals surface area (Å²) in [6.45, 7) is 7.16. The maximum Gasteiger partial charge on any atom is 0.313 e. The Hall–Kier alpha value is -4.06. The van der Waals surface area contributed by atoms with Gasteiger partial charge >= 0.3 is 5.97 Å². The molecular weight excluding hydrogens is 528 g/mol. The lowest BCUT2D eigenvalue weighted by molar-refractivity contribution is -0.202. The van der Waals surface area contributed by atoms with Gasteiger partial charge in [-0.05, 0) is 56.2 Å². The highest BCUT2D eigenvalue weighted by Gasteiger charge is 2.56. The Balaban J connectivity index is 1.22. The van der Waals surface area contributed by atoms with E-state index in [4.69, 9.17) is 29.4 Å². The predicted octanol–water partition coefficient (Wildman–Crippen LogP) is 3.76. The van der Waals surface area contributed by atoms with Crippen LogP contribution in [0.5, 0.6) is 5.75 Å². The summed E-state index contributed by atoms with van der Waals surface area (Å²) < 4.78 is 31.6. The van der Waals surface area contributed by atoms with Gasteiger partial charge in [-0.15, -0.1) is 0 Å². The van der Waals surface area contributed by atoms with Crippen LogP contribution in [0.4, 0.5) is 0 Å². The minimum Gasteiger partial charge on any atom is -0.497 e. The smallest absolute Gasteiger partial charge is 0.313 e. The molecule has 6 rings (SSSR count). The number of fused-ring (bicyclic) bond motifs is 3. The Labute approximate surface area is 236 Å². The zero-order chi connectivity index (χ0) is 29.1. The first kappa shape index (κ1) is 27.1. The largest absolute Gasteiger partial charge is 0.497 e. The van der Waals surface area contributed by atoms with Crippen molar-refractivity contribution >= 4 is 33.7 Å². The number of primary amides is 1. The number of benzene rings is 2. The van der Waals surface area contributed by atoms with Crippen LogP contribution in [-0.2, 0) is 23.7 Å². The van der Waals surface area contributed by atoms with Gasteiger partial charge in [-0.25, -0.2) is 9.97 Å². The zero-order valence-corrected chi connectivity index (χ0v) is 23.5. The minimum atomic E-state index is -0.888. The van der Waals surface area contributed by atoms with Gasteiger partial charge in [0.1, 0.15) is 42.1 Å². The molecule has 214 valence electrons. The van der Waals surface area contributed by atoms with Crippen molar-refractivity contribution in [3.05, 3.63) is 65.7 Å². The van der Waals surface area contributed by atoms with E-state index in [1.165, 1.54) is 0 Å². The average molecular weight is 561 g/mol. The summed E-state index contributed by atoms with van der Waals surface area (Å²) in [5.41, 5.74) is 7.24. The molecule has 11 heteroatoms. The molecule has 2 aliphatic rings. The van der Waals surface area contributed by atoms with Gasteiger partial charge in [0, 0.05) is 12.4 Å². The first-order valence-electron chi connectivity index (χ1n) is 13.4. The number of rotatable bonds is 7. The van der Waals surface area contributed by atoms with Gasteiger partial charge in [0.15, 0.2) is 12.0 Å². The number of aryl methyl sites for hydroxylation is 1. The van der Waals surface area contributed by atoms with Crippen molar-refractivity contribution in [2.24, 2.45) is 5.73 Å². The number of methoxy groups -OCH3 is 1. The summed E-state index contributed by atoms with van der Waals surface area (Å²) in [6, 6.07) is 11.7. The molecule has 2 N–H and O–H groups in total. The topological polar surface area (TPSA) is 137 Å². The number of hydrogen-bond acceptors (Lipinski definition) is 9. The molecule has 2 aromatic carbocycles. The van der Waals surface area contributed by atoms with Crippen LogP contribution in [0.15, 0.2) is 48.8 Å². The number of amides is 1. The molecule has 0 spiro atoms. The molecule has 2 saturated heterocycles. The molecule has 0 saturated carbocycles. The second-order valence-electron chi connectivity index (χ2n) is 10.9. The van der Waals surface area contributed by atoms with Crippen molar-refractivity contribution in [2.75, 3.05) is 13.7 Å². The standard InChI is InChI=1S/C30H32N4O7/c1-15(17-6-7-19-11-20(37-5)9-8-18(19)10-17)29(36)38-14-23-24-25(41-30(3,4)40-24)28(39-23)34-13-22(26(31)35)21-12-32-16(2)33-27(21)34/h6-13,15,23-25,28H,14H2,1-5H3,(H2,31,35)/t15-,23-,24-,25-,28-/m1/s1. The van der Waals surface area contributed by atoms with Crippen LogP contribution in [-0.4, -0.2) is 64.2 Å². The number of hydrogen-bond donors (Lipinski definition) is 1. The highest BCUT2D eigenvalue weighted by molar-refractivity contribution is 6.05. The second-order valence-corrected chi connectivity index (χ2v) is 10.9. The lowest BCUT2D eigenvalue weighted by Crippen LogP contribution is -2.34. The van der Waals surface area contributed by atoms with E-state index in [1.54, 1.807) is 31.0 Å². The van der Waals surface area contributed by atoms with Crippen molar-refractivity contribution in [3.63, 3.8) is 0 Å². The van der Waals surface area contributed by atoms with Crippen LogP contribution < -0.4 is 10.5 Å². The monoisotopic (exact) mass is 560 g/mol. The molecule has 2 aliphatic heterocycles. The fourth-order valence-electron chi connectivity index (χ4n) is 5.59. The van der Waals surface area contributed by atoms with E-state index >= 15 is 0 Å². The molecule has 0 bridgehead atoms. The minimum absolute atomic E-state index is 0.0407. The Morgan fingerprint density at radius 2 is 1.85 bits per heavy atom. The average Bonchev–Trinajstić information content (AvgIpc) is 3.58. The molecule has 4 aromatic rings. The third-order valence-corrected chi connectivity index (χ3v) is 7.67. The van der Waals surface area contributed by atoms with E-state index in [0.29, 0.717) is 16.9 Å². The first-order chi connectivity index (χ1) is 19.5. The molecule has 41 heavy (non-hydrogen) atoms. The maximum absolute atomic E-state index is 13.2.